The Morgan fingerprint density at radius 3 is 1.52 bits per heavy atom. The number of carbonyl (C=O) groups excluding carboxylic acids is 6. The number of nitrogens with one attached hydrogen (secondary N) is 4. The molecular formula is C46H81N9O7. The molecule has 0 saturated heterocycles. The lowest BCUT2D eigenvalue weighted by Gasteiger charge is -2.28. The van der Waals surface area contributed by atoms with Crippen molar-refractivity contribution in [1.29, 1.82) is 0 Å². The predicted molar refractivity (Wildman–Crippen MR) is 245 cm³/mol. The Balaban J connectivity index is 2.87. The minimum Gasteiger partial charge on any atom is -0.463 e. The van der Waals surface area contributed by atoms with Gasteiger partial charge in [-0.15, -0.1) is 0 Å². The smallest absolute Gasteiger partial charge is 0.305 e. The van der Waals surface area contributed by atoms with Crippen molar-refractivity contribution in [2.45, 2.75) is 187 Å². The Hall–Kier alpha value is -4.73. The molecule has 1 aromatic rings. The molecule has 0 fully saturated rings. The standard InChI is InChI=1S/C46H81N9O7/c1-6-7-8-9-10-11-12-13-14-15-16-17-21-26-40(56)62-31-35(47)42(58)53-39(30-34-23-19-18-20-24-34)45(61)55-38(29-33(4)5)44(60)54-37(28-32(2)3)43(59)52-36(41(48)57)25-22-27-51-46(49)50/h18-20,23-24,32-33,35-39H,6-17,21-22,25-31,47H2,1-5H3,(H2,48,57)(H,52,59)(H,53,58)(H,54,60)(H,55,61)(H4,49,50,51)/t35-,36-,37-,38-,39-/m0/s1. The molecule has 0 aliphatic rings. The fourth-order valence-electron chi connectivity index (χ4n) is 6.97. The highest BCUT2D eigenvalue weighted by Crippen LogP contribution is 2.14. The van der Waals surface area contributed by atoms with E-state index in [1.807, 2.05) is 33.8 Å². The minimum atomic E-state index is -1.24. The van der Waals surface area contributed by atoms with E-state index in [-0.39, 0.29) is 63.1 Å². The van der Waals surface area contributed by atoms with Gasteiger partial charge in [0.05, 0.1) is 0 Å². The van der Waals surface area contributed by atoms with Crippen LogP contribution in [0.2, 0.25) is 0 Å². The summed E-state index contributed by atoms with van der Waals surface area (Å²) in [6, 6.07) is 3.47. The van der Waals surface area contributed by atoms with Gasteiger partial charge in [0.25, 0.3) is 0 Å². The van der Waals surface area contributed by atoms with Crippen molar-refractivity contribution >= 4 is 41.5 Å². The molecule has 5 atom stereocenters. The molecule has 62 heavy (non-hydrogen) atoms. The number of ether oxygens (including phenoxy) is 1. The van der Waals surface area contributed by atoms with Crippen LogP contribution in [-0.2, 0) is 39.9 Å². The third-order valence-corrected chi connectivity index (χ3v) is 10.4. The zero-order valence-corrected chi connectivity index (χ0v) is 38.4. The first-order valence-corrected chi connectivity index (χ1v) is 23.0. The van der Waals surface area contributed by atoms with Crippen molar-refractivity contribution in [3.63, 3.8) is 0 Å². The average Bonchev–Trinajstić information content (AvgIpc) is 3.21. The van der Waals surface area contributed by atoms with E-state index < -0.39 is 65.7 Å². The average molecular weight is 872 g/mol. The highest BCUT2D eigenvalue weighted by atomic mass is 16.5. The third-order valence-electron chi connectivity index (χ3n) is 10.4. The molecule has 1 rings (SSSR count). The summed E-state index contributed by atoms with van der Waals surface area (Å²) in [4.78, 5) is 83.3. The van der Waals surface area contributed by atoms with Gasteiger partial charge >= 0.3 is 5.97 Å². The lowest BCUT2D eigenvalue weighted by atomic mass is 9.98. The van der Waals surface area contributed by atoms with Crippen molar-refractivity contribution in [3.8, 4) is 0 Å². The quantitative estimate of drug-likeness (QED) is 0.0209. The number of amides is 5. The van der Waals surface area contributed by atoms with Gasteiger partial charge in [-0.3, -0.25) is 33.8 Å². The molecule has 0 spiro atoms. The first-order valence-electron chi connectivity index (χ1n) is 23.0. The van der Waals surface area contributed by atoms with Gasteiger partial charge in [0.15, 0.2) is 5.96 Å². The van der Waals surface area contributed by atoms with Crippen molar-refractivity contribution < 1.29 is 33.5 Å². The molecule has 12 N–H and O–H groups in total. The van der Waals surface area contributed by atoms with E-state index in [0.717, 1.165) is 24.8 Å². The van der Waals surface area contributed by atoms with Crippen molar-refractivity contribution in [2.24, 2.45) is 39.8 Å². The summed E-state index contributed by atoms with van der Waals surface area (Å²) in [7, 11) is 0. The summed E-state index contributed by atoms with van der Waals surface area (Å²) < 4.78 is 5.33. The molecule has 0 radical (unpaired) electrons. The van der Waals surface area contributed by atoms with Crippen LogP contribution in [0.15, 0.2) is 35.3 Å². The number of aliphatic imine (C=N–C) groups is 1. The second kappa shape index (κ2) is 32.9. The number of primary amides is 1. The summed E-state index contributed by atoms with van der Waals surface area (Å²) in [6.07, 6.45) is 16.8. The normalized spacial score (nSPS) is 13.6. The van der Waals surface area contributed by atoms with Crippen LogP contribution >= 0.6 is 0 Å². The Morgan fingerprint density at radius 1 is 0.597 bits per heavy atom. The molecule has 1 aromatic carbocycles. The number of unbranched alkanes of at least 4 members (excludes halogenated alkanes) is 12. The molecule has 352 valence electrons. The Kier molecular flexibility index (Phi) is 29.3. The maximum Gasteiger partial charge on any atom is 0.305 e. The van der Waals surface area contributed by atoms with Gasteiger partial charge in [-0.25, -0.2) is 0 Å². The summed E-state index contributed by atoms with van der Waals surface area (Å²) in [5.74, 6) is -3.95. The van der Waals surface area contributed by atoms with Crippen LogP contribution in [0.4, 0.5) is 0 Å². The lowest BCUT2D eigenvalue weighted by Crippen LogP contribution is -2.59. The van der Waals surface area contributed by atoms with E-state index in [0.29, 0.717) is 12.8 Å². The molecular weight excluding hydrogens is 791 g/mol. The summed E-state index contributed by atoms with van der Waals surface area (Å²) >= 11 is 0. The molecule has 16 nitrogen and oxygen atoms in total. The zero-order chi connectivity index (χ0) is 46.3. The van der Waals surface area contributed by atoms with Crippen LogP contribution in [0.3, 0.4) is 0 Å². The topological polar surface area (TPSA) is 276 Å². The molecule has 5 amide bonds. The largest absolute Gasteiger partial charge is 0.463 e. The number of nitrogens with two attached hydrogens (primary N) is 4. The SMILES string of the molecule is CCCCCCCCCCCCCCCC(=O)OC[C@H](N)C(=O)N[C@@H](Cc1ccccc1)C(=O)N[C@@H](CC(C)C)C(=O)N[C@@H](CC(C)C)C(=O)N[C@@H](CCCN=C(N)N)C(N)=O. The van der Waals surface area contributed by atoms with Gasteiger partial charge < -0.3 is 48.9 Å². The molecule has 0 aromatic heterocycles. The predicted octanol–water partition coefficient (Wildman–Crippen LogP) is 4.15. The third kappa shape index (κ3) is 26.6. The number of rotatable bonds is 35. The second-order valence-electron chi connectivity index (χ2n) is 17.3. The summed E-state index contributed by atoms with van der Waals surface area (Å²) in [6.45, 7) is 9.63. The molecule has 16 heteroatoms. The van der Waals surface area contributed by atoms with E-state index in [9.17, 15) is 28.8 Å². The van der Waals surface area contributed by atoms with Crippen molar-refractivity contribution in [1.82, 2.24) is 21.3 Å². The Labute approximate surface area is 371 Å². The monoisotopic (exact) mass is 872 g/mol. The van der Waals surface area contributed by atoms with E-state index in [2.05, 4.69) is 33.2 Å². The van der Waals surface area contributed by atoms with E-state index in [1.54, 1.807) is 24.3 Å². The Morgan fingerprint density at radius 2 is 1.05 bits per heavy atom. The molecule has 0 aliphatic carbocycles. The van der Waals surface area contributed by atoms with Gasteiger partial charge in [0.1, 0.15) is 36.8 Å². The minimum absolute atomic E-state index is 0.0359. The summed E-state index contributed by atoms with van der Waals surface area (Å²) in [5, 5.41) is 10.9. The molecule has 0 saturated carbocycles. The Bertz CT molecular complexity index is 1490. The maximum absolute atomic E-state index is 14.0. The second-order valence-corrected chi connectivity index (χ2v) is 17.3. The fraction of sp³-hybridized carbons (Fsp3) is 0.717. The molecule has 0 heterocycles. The first-order chi connectivity index (χ1) is 29.5. The highest BCUT2D eigenvalue weighted by molar-refractivity contribution is 5.96. The van der Waals surface area contributed by atoms with Gasteiger partial charge in [-0.05, 0) is 49.5 Å². The number of carbonyl (C=O) groups is 6. The van der Waals surface area contributed by atoms with Gasteiger partial charge in [0, 0.05) is 19.4 Å². The van der Waals surface area contributed by atoms with Gasteiger partial charge in [0.2, 0.25) is 29.5 Å². The number of nitrogens with zero attached hydrogens (tertiary/aromatic N) is 1. The van der Waals surface area contributed by atoms with E-state index in [1.165, 1.54) is 57.8 Å². The van der Waals surface area contributed by atoms with Gasteiger partial charge in [-0.2, -0.15) is 0 Å². The van der Waals surface area contributed by atoms with Crippen LogP contribution in [-0.4, -0.2) is 84.8 Å². The molecule has 0 aliphatic heterocycles. The fourth-order valence-corrected chi connectivity index (χ4v) is 6.97. The van der Waals surface area contributed by atoms with Crippen LogP contribution in [0.25, 0.3) is 0 Å². The highest BCUT2D eigenvalue weighted by Gasteiger charge is 2.32. The van der Waals surface area contributed by atoms with Crippen LogP contribution in [0, 0.1) is 11.8 Å². The number of benzene rings is 1. The van der Waals surface area contributed by atoms with E-state index in [4.69, 9.17) is 27.7 Å². The van der Waals surface area contributed by atoms with Gasteiger partial charge in [-0.1, -0.05) is 142 Å². The zero-order valence-electron chi connectivity index (χ0n) is 38.4. The molecule has 0 bridgehead atoms. The lowest BCUT2D eigenvalue weighted by molar-refractivity contribution is -0.145. The first kappa shape index (κ1) is 55.3. The van der Waals surface area contributed by atoms with Crippen molar-refractivity contribution in [3.05, 3.63) is 35.9 Å². The summed E-state index contributed by atoms with van der Waals surface area (Å²) in [5.41, 5.74) is 23.2. The van der Waals surface area contributed by atoms with Crippen molar-refractivity contribution in [2.75, 3.05) is 13.2 Å². The van der Waals surface area contributed by atoms with Crippen LogP contribution < -0.4 is 44.2 Å². The maximum atomic E-state index is 14.0. The number of hydrogen-bond acceptors (Lipinski definition) is 9. The van der Waals surface area contributed by atoms with Crippen LogP contribution in [0.5, 0.6) is 0 Å². The van der Waals surface area contributed by atoms with Crippen LogP contribution in [0.1, 0.15) is 156 Å². The number of guanidine groups is 1. The molecule has 0 unspecified atom stereocenters. The van der Waals surface area contributed by atoms with E-state index >= 15 is 0 Å². The number of esters is 1. The number of hydrogen-bond donors (Lipinski definition) is 8.